The van der Waals surface area contributed by atoms with E-state index < -0.39 is 17.5 Å². The second kappa shape index (κ2) is 5.87. The van der Waals surface area contributed by atoms with Gasteiger partial charge in [0.2, 0.25) is 0 Å². The molecule has 0 aliphatic heterocycles. The van der Waals surface area contributed by atoms with Crippen LogP contribution in [0.5, 0.6) is 0 Å². The van der Waals surface area contributed by atoms with E-state index in [2.05, 4.69) is 49.2 Å². The van der Waals surface area contributed by atoms with Crippen LogP contribution < -0.4 is 10.6 Å². The van der Waals surface area contributed by atoms with Crippen molar-refractivity contribution in [3.8, 4) is 0 Å². The number of hydrogen-bond donors (Lipinski definition) is 3. The summed E-state index contributed by atoms with van der Waals surface area (Å²) < 4.78 is 1.88. The zero-order valence-corrected chi connectivity index (χ0v) is 13.5. The third-order valence-corrected chi connectivity index (χ3v) is 4.46. The van der Waals surface area contributed by atoms with Gasteiger partial charge >= 0.3 is 12.0 Å². The minimum Gasteiger partial charge on any atom is -0.480 e. The van der Waals surface area contributed by atoms with E-state index in [0.717, 1.165) is 8.04 Å². The first-order valence-electron chi connectivity index (χ1n) is 5.00. The average molecular weight is 427 g/mol. The minimum absolute atomic E-state index is 0.555. The topological polar surface area (TPSA) is 78.4 Å². The van der Waals surface area contributed by atoms with Crippen LogP contribution in [0.2, 0.25) is 0 Å². The van der Waals surface area contributed by atoms with E-state index in [9.17, 15) is 9.59 Å². The Bertz CT molecular complexity index is 491. The second-order valence-electron chi connectivity index (χ2n) is 4.14. The lowest BCUT2D eigenvalue weighted by Gasteiger charge is -2.21. The van der Waals surface area contributed by atoms with Crippen molar-refractivity contribution in [1.29, 1.82) is 0 Å². The van der Waals surface area contributed by atoms with E-state index in [-0.39, 0.29) is 0 Å². The van der Waals surface area contributed by atoms with Crippen molar-refractivity contribution in [2.45, 2.75) is 19.4 Å². The van der Waals surface area contributed by atoms with Crippen LogP contribution in [0.4, 0.5) is 10.5 Å². The van der Waals surface area contributed by atoms with E-state index >= 15 is 0 Å². The Morgan fingerprint density at radius 3 is 2.50 bits per heavy atom. The second-order valence-corrected chi connectivity index (χ2v) is 6.15. The quantitative estimate of drug-likeness (QED) is 0.650. The summed E-state index contributed by atoms with van der Waals surface area (Å²) >= 11 is 5.47. The largest absolute Gasteiger partial charge is 0.480 e. The van der Waals surface area contributed by atoms with Crippen molar-refractivity contribution in [1.82, 2.24) is 5.32 Å². The van der Waals surface area contributed by atoms with Gasteiger partial charge in [0.1, 0.15) is 5.54 Å². The number of hydrogen-bond acceptors (Lipinski definition) is 2. The molecule has 0 saturated carbocycles. The molecule has 0 unspecified atom stereocenters. The fourth-order valence-corrected chi connectivity index (χ4v) is 1.84. The molecule has 5 nitrogen and oxygen atoms in total. The Morgan fingerprint density at radius 2 is 2.00 bits per heavy atom. The number of carbonyl (C=O) groups is 2. The number of rotatable bonds is 3. The van der Waals surface area contributed by atoms with Crippen molar-refractivity contribution in [3.05, 3.63) is 26.2 Å². The summed E-state index contributed by atoms with van der Waals surface area (Å²) in [5, 5.41) is 13.8. The zero-order chi connectivity index (χ0) is 13.9. The number of nitrogens with one attached hydrogen (secondary N) is 2. The lowest BCUT2D eigenvalue weighted by atomic mass is 10.1. The highest BCUT2D eigenvalue weighted by Crippen LogP contribution is 2.22. The summed E-state index contributed by atoms with van der Waals surface area (Å²) in [7, 11) is 0. The maximum absolute atomic E-state index is 11.6. The molecule has 0 bridgehead atoms. The molecule has 1 aromatic rings. The number of carboxylic acids is 1. The molecule has 0 fully saturated rings. The summed E-state index contributed by atoms with van der Waals surface area (Å²) in [6.07, 6.45) is 0. The first kappa shape index (κ1) is 15.2. The molecule has 7 heteroatoms. The molecule has 0 spiro atoms. The molecular weight excluding hydrogens is 415 g/mol. The molecule has 0 atom stereocenters. The Hall–Kier alpha value is -0.830. The van der Waals surface area contributed by atoms with E-state index in [1.165, 1.54) is 13.8 Å². The smallest absolute Gasteiger partial charge is 0.328 e. The Labute approximate surface area is 127 Å². The Morgan fingerprint density at radius 1 is 1.39 bits per heavy atom. The van der Waals surface area contributed by atoms with Gasteiger partial charge in [0.15, 0.2) is 0 Å². The molecule has 1 rings (SSSR count). The number of urea groups is 1. The highest BCUT2D eigenvalue weighted by molar-refractivity contribution is 14.1. The van der Waals surface area contributed by atoms with Gasteiger partial charge in [-0.25, -0.2) is 9.59 Å². The van der Waals surface area contributed by atoms with Crippen LogP contribution in [0.1, 0.15) is 13.8 Å². The molecule has 0 aromatic heterocycles. The molecule has 98 valence electrons. The fraction of sp³-hybridized carbons (Fsp3) is 0.273. The SMILES string of the molecule is CC(C)(NC(=O)Nc1ccc(Br)c(I)c1)C(=O)O. The number of carbonyl (C=O) groups excluding carboxylic acids is 1. The van der Waals surface area contributed by atoms with Crippen molar-refractivity contribution in [2.75, 3.05) is 5.32 Å². The van der Waals surface area contributed by atoms with Crippen molar-refractivity contribution in [3.63, 3.8) is 0 Å². The predicted molar refractivity (Wildman–Crippen MR) is 80.7 cm³/mol. The highest BCUT2D eigenvalue weighted by Gasteiger charge is 2.28. The summed E-state index contributed by atoms with van der Waals surface area (Å²) in [6.45, 7) is 2.83. The molecule has 0 radical (unpaired) electrons. The zero-order valence-electron chi connectivity index (χ0n) is 9.75. The Balaban J connectivity index is 2.71. The fourth-order valence-electron chi connectivity index (χ4n) is 1.07. The molecular formula is C11H12BrIN2O3. The number of carboxylic acid groups (broad SMARTS) is 1. The number of halogens is 2. The maximum Gasteiger partial charge on any atom is 0.328 e. The van der Waals surface area contributed by atoms with Gasteiger partial charge in [0, 0.05) is 13.7 Å². The average Bonchev–Trinajstić information content (AvgIpc) is 2.22. The van der Waals surface area contributed by atoms with E-state index in [1.54, 1.807) is 18.2 Å². The number of amides is 2. The van der Waals surface area contributed by atoms with Crippen molar-refractivity contribution < 1.29 is 14.7 Å². The van der Waals surface area contributed by atoms with Crippen LogP contribution in [-0.4, -0.2) is 22.6 Å². The van der Waals surface area contributed by atoms with Crippen LogP contribution in [0.25, 0.3) is 0 Å². The standard InChI is InChI=1S/C11H12BrIN2O3/c1-11(2,9(16)17)15-10(18)14-6-3-4-7(12)8(13)5-6/h3-5H,1-2H3,(H,16,17)(H2,14,15,18). The molecule has 0 saturated heterocycles. The summed E-state index contributed by atoms with van der Waals surface area (Å²) in [5.74, 6) is -1.09. The molecule has 1 aromatic carbocycles. The van der Waals surface area contributed by atoms with Crippen LogP contribution in [-0.2, 0) is 4.79 Å². The van der Waals surface area contributed by atoms with E-state index in [1.807, 2.05) is 0 Å². The van der Waals surface area contributed by atoms with Crippen molar-refractivity contribution >= 4 is 56.2 Å². The highest BCUT2D eigenvalue weighted by atomic mass is 127. The van der Waals surface area contributed by atoms with Gasteiger partial charge in [0.05, 0.1) is 0 Å². The summed E-state index contributed by atoms with van der Waals surface area (Å²) in [6, 6.07) is 4.75. The lowest BCUT2D eigenvalue weighted by molar-refractivity contribution is -0.142. The van der Waals surface area contributed by atoms with Gasteiger partial charge in [-0.3, -0.25) is 0 Å². The predicted octanol–water partition coefficient (Wildman–Crippen LogP) is 3.04. The van der Waals surface area contributed by atoms with Crippen LogP contribution >= 0.6 is 38.5 Å². The van der Waals surface area contributed by atoms with Gasteiger partial charge in [-0.1, -0.05) is 0 Å². The van der Waals surface area contributed by atoms with Gasteiger partial charge in [-0.05, 0) is 70.6 Å². The maximum atomic E-state index is 11.6. The lowest BCUT2D eigenvalue weighted by Crippen LogP contribution is -2.51. The number of anilines is 1. The van der Waals surface area contributed by atoms with Crippen LogP contribution in [0.3, 0.4) is 0 Å². The monoisotopic (exact) mass is 426 g/mol. The molecule has 0 heterocycles. The van der Waals surface area contributed by atoms with Crippen LogP contribution in [0, 0.1) is 3.57 Å². The third kappa shape index (κ3) is 4.13. The molecule has 18 heavy (non-hydrogen) atoms. The first-order chi connectivity index (χ1) is 8.22. The van der Waals surface area contributed by atoms with Gasteiger partial charge in [-0.2, -0.15) is 0 Å². The molecule has 0 aliphatic rings. The summed E-state index contributed by atoms with van der Waals surface area (Å²) in [5.41, 5.74) is -0.714. The third-order valence-electron chi connectivity index (χ3n) is 2.14. The Kier molecular flexibility index (Phi) is 4.97. The van der Waals surface area contributed by atoms with Gasteiger partial charge in [-0.15, -0.1) is 0 Å². The van der Waals surface area contributed by atoms with E-state index in [4.69, 9.17) is 5.11 Å². The van der Waals surface area contributed by atoms with Crippen LogP contribution in [0.15, 0.2) is 22.7 Å². The molecule has 3 N–H and O–H groups in total. The molecule has 0 aliphatic carbocycles. The molecule has 2 amide bonds. The van der Waals surface area contributed by atoms with Crippen molar-refractivity contribution in [2.24, 2.45) is 0 Å². The normalized spacial score (nSPS) is 10.9. The first-order valence-corrected chi connectivity index (χ1v) is 6.87. The summed E-state index contributed by atoms with van der Waals surface area (Å²) in [4.78, 5) is 22.5. The van der Waals surface area contributed by atoms with Gasteiger partial charge < -0.3 is 15.7 Å². The van der Waals surface area contributed by atoms with E-state index in [0.29, 0.717) is 5.69 Å². The number of aliphatic carboxylic acids is 1. The van der Waals surface area contributed by atoms with Gasteiger partial charge in [0.25, 0.3) is 0 Å². The minimum atomic E-state index is -1.31. The number of benzene rings is 1.